The zero-order valence-corrected chi connectivity index (χ0v) is 30.4. The van der Waals surface area contributed by atoms with Crippen molar-refractivity contribution in [2.75, 3.05) is 9.80 Å². The molecule has 0 amide bonds. The molecule has 0 atom stereocenters. The first-order valence-electron chi connectivity index (χ1n) is 18.5. The highest BCUT2D eigenvalue weighted by molar-refractivity contribution is 5.94. The Balaban J connectivity index is 0.997. The van der Waals surface area contributed by atoms with Gasteiger partial charge in [-0.3, -0.25) is 0 Å². The van der Waals surface area contributed by atoms with Crippen molar-refractivity contribution in [2.45, 2.75) is 0 Å². The zero-order valence-electron chi connectivity index (χ0n) is 30.4. The molecule has 9 aromatic carbocycles. The molecule has 4 heteroatoms. The van der Waals surface area contributed by atoms with Crippen molar-refractivity contribution < 1.29 is 0 Å². The highest BCUT2D eigenvalue weighted by Gasteiger charge is 2.15. The molecule has 0 saturated carbocycles. The summed E-state index contributed by atoms with van der Waals surface area (Å²) in [6.45, 7) is 7.44. The van der Waals surface area contributed by atoms with Crippen LogP contribution in [0.25, 0.3) is 49.3 Å². The number of nitriles is 1. The van der Waals surface area contributed by atoms with Crippen LogP contribution in [0.4, 0.5) is 39.8 Å². The number of hydrogen-bond donors (Lipinski definition) is 0. The molecule has 0 unspecified atom stereocenters. The molecule has 0 spiro atoms. The minimum Gasteiger partial charge on any atom is -0.311 e. The highest BCUT2D eigenvalue weighted by atomic mass is 15.1. The van der Waals surface area contributed by atoms with Crippen LogP contribution in [-0.4, -0.2) is 0 Å². The SMILES string of the molecule is [C-]#[N+]c1ccc(N(c2ccc3ccccc3c2)c2ccc3cc(/C=C/c4ccc(N(c5ccc(C#N)cc5)c5ccc6ccccc6c5)cc4)ccc3c2)cc1. The van der Waals surface area contributed by atoms with E-state index in [4.69, 9.17) is 6.57 Å². The number of fused-ring (bicyclic) bond motifs is 3. The number of rotatable bonds is 8. The van der Waals surface area contributed by atoms with E-state index in [9.17, 15) is 5.26 Å². The summed E-state index contributed by atoms with van der Waals surface area (Å²) in [5.41, 5.74) is 9.63. The van der Waals surface area contributed by atoms with Crippen molar-refractivity contribution in [3.63, 3.8) is 0 Å². The third kappa shape index (κ3) is 6.83. The van der Waals surface area contributed by atoms with Crippen LogP contribution in [-0.2, 0) is 0 Å². The van der Waals surface area contributed by atoms with Crippen LogP contribution >= 0.6 is 0 Å². The van der Waals surface area contributed by atoms with Crippen molar-refractivity contribution >= 4 is 84.3 Å². The Bertz CT molecular complexity index is 2980. The van der Waals surface area contributed by atoms with E-state index in [1.807, 2.05) is 48.5 Å². The summed E-state index contributed by atoms with van der Waals surface area (Å²) in [4.78, 5) is 8.08. The minimum atomic E-state index is 0.619. The Morgan fingerprint density at radius 1 is 0.393 bits per heavy atom. The van der Waals surface area contributed by atoms with Crippen molar-refractivity contribution in [3.05, 3.63) is 222 Å². The molecule has 0 radical (unpaired) electrons. The van der Waals surface area contributed by atoms with Crippen LogP contribution in [0.3, 0.4) is 0 Å². The molecule has 0 heterocycles. The molecular formula is C52H34N4. The third-order valence-corrected chi connectivity index (χ3v) is 10.2. The Kier molecular flexibility index (Phi) is 8.98. The lowest BCUT2D eigenvalue weighted by atomic mass is 10.0. The second-order valence-corrected chi connectivity index (χ2v) is 13.7. The Morgan fingerprint density at radius 2 is 0.768 bits per heavy atom. The fourth-order valence-electron chi connectivity index (χ4n) is 7.31. The molecule has 0 saturated heterocycles. The van der Waals surface area contributed by atoms with Gasteiger partial charge in [0, 0.05) is 34.1 Å². The van der Waals surface area contributed by atoms with Gasteiger partial charge in [0.1, 0.15) is 0 Å². The molecule has 0 aliphatic heterocycles. The summed E-state index contributed by atoms with van der Waals surface area (Å²) in [6, 6.07) is 69.3. The largest absolute Gasteiger partial charge is 0.311 e. The molecule has 0 fully saturated rings. The first-order valence-corrected chi connectivity index (χ1v) is 18.5. The van der Waals surface area contributed by atoms with E-state index < -0.39 is 0 Å². The van der Waals surface area contributed by atoms with E-state index >= 15 is 0 Å². The number of benzene rings is 9. The van der Waals surface area contributed by atoms with E-state index in [2.05, 4.69) is 178 Å². The monoisotopic (exact) mass is 714 g/mol. The number of hydrogen-bond acceptors (Lipinski definition) is 3. The van der Waals surface area contributed by atoms with Crippen LogP contribution in [0.1, 0.15) is 16.7 Å². The van der Waals surface area contributed by atoms with Crippen LogP contribution in [0.15, 0.2) is 194 Å². The first-order chi connectivity index (χ1) is 27.6. The molecular weight excluding hydrogens is 681 g/mol. The van der Waals surface area contributed by atoms with Gasteiger partial charge in [-0.2, -0.15) is 5.26 Å². The van der Waals surface area contributed by atoms with Crippen molar-refractivity contribution in [3.8, 4) is 6.07 Å². The molecule has 0 aliphatic carbocycles. The first kappa shape index (κ1) is 33.9. The van der Waals surface area contributed by atoms with Gasteiger partial charge in [0.05, 0.1) is 18.2 Å². The lowest BCUT2D eigenvalue weighted by molar-refractivity contribution is 1.28. The Labute approximate surface area is 326 Å². The summed E-state index contributed by atoms with van der Waals surface area (Å²) in [7, 11) is 0. The average Bonchev–Trinajstić information content (AvgIpc) is 3.26. The van der Waals surface area contributed by atoms with Gasteiger partial charge in [0.25, 0.3) is 0 Å². The normalized spacial score (nSPS) is 11.1. The van der Waals surface area contributed by atoms with Crippen molar-refractivity contribution in [2.24, 2.45) is 0 Å². The average molecular weight is 715 g/mol. The second-order valence-electron chi connectivity index (χ2n) is 13.7. The lowest BCUT2D eigenvalue weighted by Gasteiger charge is -2.26. The van der Waals surface area contributed by atoms with Crippen LogP contribution in [0.2, 0.25) is 0 Å². The maximum Gasteiger partial charge on any atom is 0.187 e. The molecule has 262 valence electrons. The van der Waals surface area contributed by atoms with Gasteiger partial charge in [-0.1, -0.05) is 115 Å². The lowest BCUT2D eigenvalue weighted by Crippen LogP contribution is -2.09. The van der Waals surface area contributed by atoms with Gasteiger partial charge in [0.15, 0.2) is 5.69 Å². The van der Waals surface area contributed by atoms with Crippen molar-refractivity contribution in [1.82, 2.24) is 0 Å². The Morgan fingerprint density at radius 3 is 1.30 bits per heavy atom. The standard InChI is InChI=1S/C52H34N4/c1-54-46-21-30-49(31-22-46)56(51-28-19-41-7-3-5-9-43(41)34-51)52-29-20-44-32-38(12-17-45(44)35-52)11-10-37-13-23-47(24-14-37)55(48-25-15-39(36-53)16-26-48)50-27-18-40-6-2-4-8-42(40)33-50/h2-35H/b11-10+. The van der Waals surface area contributed by atoms with E-state index in [0.717, 1.165) is 56.0 Å². The van der Waals surface area contributed by atoms with Gasteiger partial charge >= 0.3 is 0 Å². The summed E-state index contributed by atoms with van der Waals surface area (Å²) < 4.78 is 0. The summed E-state index contributed by atoms with van der Waals surface area (Å²) in [5, 5.41) is 16.4. The maximum atomic E-state index is 9.41. The Hall–Kier alpha value is -7.92. The molecule has 4 nitrogen and oxygen atoms in total. The predicted octanol–water partition coefficient (Wildman–Crippen LogP) is 14.7. The topological polar surface area (TPSA) is 34.6 Å². The van der Waals surface area contributed by atoms with E-state index in [1.54, 1.807) is 0 Å². The van der Waals surface area contributed by atoms with Crippen LogP contribution < -0.4 is 9.80 Å². The van der Waals surface area contributed by atoms with E-state index in [-0.39, 0.29) is 0 Å². The summed E-state index contributed by atoms with van der Waals surface area (Å²) in [6.07, 6.45) is 4.31. The quantitative estimate of drug-likeness (QED) is 0.116. The van der Waals surface area contributed by atoms with Gasteiger partial charge < -0.3 is 9.80 Å². The molecule has 56 heavy (non-hydrogen) atoms. The van der Waals surface area contributed by atoms with Crippen LogP contribution in [0.5, 0.6) is 0 Å². The minimum absolute atomic E-state index is 0.619. The van der Waals surface area contributed by atoms with Gasteiger partial charge in [-0.05, 0) is 134 Å². The molecule has 9 aromatic rings. The number of anilines is 6. The number of nitrogens with zero attached hydrogens (tertiary/aromatic N) is 4. The van der Waals surface area contributed by atoms with Gasteiger partial charge in [-0.25, -0.2) is 4.85 Å². The molecule has 9 rings (SSSR count). The molecule has 0 N–H and O–H groups in total. The van der Waals surface area contributed by atoms with E-state index in [1.165, 1.54) is 21.5 Å². The molecule has 0 bridgehead atoms. The zero-order chi connectivity index (χ0) is 37.8. The van der Waals surface area contributed by atoms with E-state index in [0.29, 0.717) is 11.3 Å². The van der Waals surface area contributed by atoms with Gasteiger partial charge in [0.2, 0.25) is 0 Å². The second kappa shape index (κ2) is 14.8. The predicted molar refractivity (Wildman–Crippen MR) is 235 cm³/mol. The third-order valence-electron chi connectivity index (χ3n) is 10.2. The smallest absolute Gasteiger partial charge is 0.187 e. The van der Waals surface area contributed by atoms with Crippen LogP contribution in [0, 0.1) is 17.9 Å². The highest BCUT2D eigenvalue weighted by Crippen LogP contribution is 2.39. The fraction of sp³-hybridized carbons (Fsp3) is 0. The van der Waals surface area contributed by atoms with Crippen molar-refractivity contribution in [1.29, 1.82) is 5.26 Å². The van der Waals surface area contributed by atoms with Gasteiger partial charge in [-0.15, -0.1) is 0 Å². The summed E-state index contributed by atoms with van der Waals surface area (Å²) >= 11 is 0. The summed E-state index contributed by atoms with van der Waals surface area (Å²) in [5.74, 6) is 0. The molecule has 0 aromatic heterocycles. The maximum absolute atomic E-state index is 9.41. The molecule has 0 aliphatic rings. The fourth-order valence-corrected chi connectivity index (χ4v) is 7.31.